The predicted molar refractivity (Wildman–Crippen MR) is 111 cm³/mol. The van der Waals surface area contributed by atoms with E-state index in [0.29, 0.717) is 18.4 Å². The van der Waals surface area contributed by atoms with E-state index in [4.69, 9.17) is 14.6 Å². The Balaban J connectivity index is 1.61. The average molecular weight is 377 g/mol. The number of ether oxygens (including phenoxy) is 1. The van der Waals surface area contributed by atoms with Crippen molar-refractivity contribution >= 4 is 5.71 Å². The molecule has 5 heteroatoms. The summed E-state index contributed by atoms with van der Waals surface area (Å²) >= 11 is 0. The first-order valence-corrected chi connectivity index (χ1v) is 9.72. The zero-order chi connectivity index (χ0) is 19.9. The Kier molecular flexibility index (Phi) is 6.58. The largest absolute Gasteiger partial charge is 0.489 e. The summed E-state index contributed by atoms with van der Waals surface area (Å²) in [5.74, 6) is 2.55. The second-order valence-corrected chi connectivity index (χ2v) is 7.03. The van der Waals surface area contributed by atoms with Crippen molar-refractivity contribution in [2.75, 3.05) is 0 Å². The molecule has 0 saturated carbocycles. The number of benzene rings is 1. The summed E-state index contributed by atoms with van der Waals surface area (Å²) in [5.41, 5.74) is 3.66. The van der Waals surface area contributed by atoms with Gasteiger partial charge in [-0.3, -0.25) is 4.98 Å². The molecule has 2 aromatic heterocycles. The standard InChI is InChI=1S/C23H27N3O2/c1-4-16(2)21(24)11-12-22-17(3)28-23(26-22)19-7-9-20(10-8-19)27-15-18-6-5-13-25-14-18/h5-10,13-14,16,24H,4,11-12,15H2,1-3H3. The minimum atomic E-state index is 0.325. The lowest BCUT2D eigenvalue weighted by Crippen LogP contribution is -2.10. The van der Waals surface area contributed by atoms with Gasteiger partial charge < -0.3 is 14.6 Å². The van der Waals surface area contributed by atoms with Gasteiger partial charge in [0.2, 0.25) is 5.89 Å². The highest BCUT2D eigenvalue weighted by Crippen LogP contribution is 2.25. The van der Waals surface area contributed by atoms with E-state index < -0.39 is 0 Å². The Bertz CT molecular complexity index is 901. The van der Waals surface area contributed by atoms with Crippen LogP contribution in [0.1, 0.15) is 43.7 Å². The van der Waals surface area contributed by atoms with Gasteiger partial charge in [0.05, 0.1) is 5.69 Å². The zero-order valence-corrected chi connectivity index (χ0v) is 16.7. The molecule has 0 saturated heterocycles. The molecule has 2 heterocycles. The van der Waals surface area contributed by atoms with E-state index in [1.54, 1.807) is 12.4 Å². The van der Waals surface area contributed by atoms with E-state index in [9.17, 15) is 0 Å². The molecule has 0 radical (unpaired) electrons. The first-order chi connectivity index (χ1) is 13.6. The quantitative estimate of drug-likeness (QED) is 0.491. The van der Waals surface area contributed by atoms with Crippen molar-refractivity contribution in [2.24, 2.45) is 5.92 Å². The average Bonchev–Trinajstić information content (AvgIpc) is 3.11. The molecule has 1 N–H and O–H groups in total. The summed E-state index contributed by atoms with van der Waals surface area (Å²) in [6, 6.07) is 11.6. The van der Waals surface area contributed by atoms with Gasteiger partial charge in [0, 0.05) is 29.2 Å². The number of oxazole rings is 1. The molecule has 0 aliphatic carbocycles. The lowest BCUT2D eigenvalue weighted by molar-refractivity contribution is 0.306. The zero-order valence-electron chi connectivity index (χ0n) is 16.7. The summed E-state index contributed by atoms with van der Waals surface area (Å²) in [7, 11) is 0. The maximum Gasteiger partial charge on any atom is 0.226 e. The Morgan fingerprint density at radius 2 is 2.00 bits per heavy atom. The van der Waals surface area contributed by atoms with E-state index in [0.717, 1.165) is 53.3 Å². The number of nitrogens with one attached hydrogen (secondary N) is 1. The molecule has 3 rings (SSSR count). The third kappa shape index (κ3) is 5.06. The second-order valence-electron chi connectivity index (χ2n) is 7.03. The summed E-state index contributed by atoms with van der Waals surface area (Å²) in [4.78, 5) is 8.74. The topological polar surface area (TPSA) is 72.0 Å². The minimum absolute atomic E-state index is 0.325. The number of aromatic nitrogens is 2. The van der Waals surface area contributed by atoms with Crippen LogP contribution in [-0.4, -0.2) is 15.7 Å². The first kappa shape index (κ1) is 19.8. The van der Waals surface area contributed by atoms with Crippen LogP contribution in [0.2, 0.25) is 0 Å². The number of hydrogen-bond donors (Lipinski definition) is 1. The van der Waals surface area contributed by atoms with E-state index in [-0.39, 0.29) is 0 Å². The SMILES string of the molecule is CCC(C)C(=N)CCc1nc(-c2ccc(OCc3cccnc3)cc2)oc1C. The van der Waals surface area contributed by atoms with Crippen molar-refractivity contribution in [1.82, 2.24) is 9.97 Å². The molecule has 0 aliphatic heterocycles. The maximum absolute atomic E-state index is 8.13. The van der Waals surface area contributed by atoms with Crippen LogP contribution in [0.25, 0.3) is 11.5 Å². The lowest BCUT2D eigenvalue weighted by Gasteiger charge is -2.09. The van der Waals surface area contributed by atoms with Crippen LogP contribution in [0.3, 0.4) is 0 Å². The highest BCUT2D eigenvalue weighted by molar-refractivity contribution is 5.83. The first-order valence-electron chi connectivity index (χ1n) is 9.72. The van der Waals surface area contributed by atoms with E-state index in [2.05, 4.69) is 23.8 Å². The molecule has 1 atom stereocenters. The van der Waals surface area contributed by atoms with E-state index in [1.165, 1.54) is 0 Å². The molecule has 3 aromatic rings. The molecule has 28 heavy (non-hydrogen) atoms. The van der Waals surface area contributed by atoms with Crippen LogP contribution in [0.5, 0.6) is 5.75 Å². The summed E-state index contributed by atoms with van der Waals surface area (Å²) in [5, 5.41) is 8.13. The number of rotatable bonds is 9. The molecule has 1 unspecified atom stereocenters. The number of aryl methyl sites for hydroxylation is 2. The molecule has 0 amide bonds. The van der Waals surface area contributed by atoms with Gasteiger partial charge in [-0.1, -0.05) is 19.9 Å². The molecule has 0 bridgehead atoms. The van der Waals surface area contributed by atoms with Crippen molar-refractivity contribution in [2.45, 2.75) is 46.6 Å². The van der Waals surface area contributed by atoms with Crippen LogP contribution in [0.15, 0.2) is 53.2 Å². The van der Waals surface area contributed by atoms with Crippen LogP contribution in [-0.2, 0) is 13.0 Å². The molecule has 5 nitrogen and oxygen atoms in total. The predicted octanol–water partition coefficient (Wildman–Crippen LogP) is 5.62. The van der Waals surface area contributed by atoms with Gasteiger partial charge in [0.25, 0.3) is 0 Å². The van der Waals surface area contributed by atoms with Crippen LogP contribution < -0.4 is 4.74 Å². The number of pyridine rings is 1. The fourth-order valence-electron chi connectivity index (χ4n) is 2.87. The monoisotopic (exact) mass is 377 g/mol. The van der Waals surface area contributed by atoms with Gasteiger partial charge >= 0.3 is 0 Å². The van der Waals surface area contributed by atoms with E-state index >= 15 is 0 Å². The Labute approximate surface area is 166 Å². The van der Waals surface area contributed by atoms with Crippen molar-refractivity contribution in [3.63, 3.8) is 0 Å². The fourth-order valence-corrected chi connectivity index (χ4v) is 2.87. The van der Waals surface area contributed by atoms with Crippen LogP contribution in [0, 0.1) is 18.3 Å². The highest BCUT2D eigenvalue weighted by Gasteiger charge is 2.14. The van der Waals surface area contributed by atoms with Gasteiger partial charge in [-0.25, -0.2) is 4.98 Å². The maximum atomic E-state index is 8.13. The van der Waals surface area contributed by atoms with Crippen LogP contribution in [0.4, 0.5) is 0 Å². The summed E-state index contributed by atoms with van der Waals surface area (Å²) in [6.07, 6.45) is 6.01. The van der Waals surface area contributed by atoms with Gasteiger partial charge in [0.1, 0.15) is 18.1 Å². The van der Waals surface area contributed by atoms with Gasteiger partial charge in [-0.05, 0) is 62.4 Å². The van der Waals surface area contributed by atoms with Crippen molar-refractivity contribution in [3.05, 3.63) is 65.8 Å². The molecule has 0 fully saturated rings. The Hall–Kier alpha value is -2.95. The Morgan fingerprint density at radius 1 is 1.21 bits per heavy atom. The summed E-state index contributed by atoms with van der Waals surface area (Å²) in [6.45, 7) is 6.63. The third-order valence-corrected chi connectivity index (χ3v) is 4.96. The van der Waals surface area contributed by atoms with Crippen LogP contribution >= 0.6 is 0 Å². The third-order valence-electron chi connectivity index (χ3n) is 4.96. The number of nitrogens with zero attached hydrogens (tertiary/aromatic N) is 2. The van der Waals surface area contributed by atoms with E-state index in [1.807, 2.05) is 43.3 Å². The molecular weight excluding hydrogens is 350 g/mol. The second kappa shape index (κ2) is 9.31. The molecule has 0 aliphatic rings. The van der Waals surface area contributed by atoms with Gasteiger partial charge in [0.15, 0.2) is 0 Å². The summed E-state index contributed by atoms with van der Waals surface area (Å²) < 4.78 is 11.7. The minimum Gasteiger partial charge on any atom is -0.489 e. The Morgan fingerprint density at radius 3 is 2.68 bits per heavy atom. The molecule has 146 valence electrons. The molecule has 0 spiro atoms. The van der Waals surface area contributed by atoms with Gasteiger partial charge in [-0.2, -0.15) is 0 Å². The molecule has 1 aromatic carbocycles. The van der Waals surface area contributed by atoms with Crippen molar-refractivity contribution in [1.29, 1.82) is 5.41 Å². The van der Waals surface area contributed by atoms with Crippen molar-refractivity contribution in [3.8, 4) is 17.2 Å². The number of hydrogen-bond acceptors (Lipinski definition) is 5. The fraction of sp³-hybridized carbons (Fsp3) is 0.348. The normalized spacial score (nSPS) is 12.0. The highest BCUT2D eigenvalue weighted by atomic mass is 16.5. The van der Waals surface area contributed by atoms with Crippen molar-refractivity contribution < 1.29 is 9.15 Å². The lowest BCUT2D eigenvalue weighted by atomic mass is 9.98. The van der Waals surface area contributed by atoms with Gasteiger partial charge in [-0.15, -0.1) is 0 Å². The molecular formula is C23H27N3O2. The smallest absolute Gasteiger partial charge is 0.226 e.